The van der Waals surface area contributed by atoms with Crippen LogP contribution in [-0.2, 0) is 4.79 Å². The van der Waals surface area contributed by atoms with Gasteiger partial charge in [-0.3, -0.25) is 9.59 Å². The van der Waals surface area contributed by atoms with Gasteiger partial charge in [-0.2, -0.15) is 0 Å². The van der Waals surface area contributed by atoms with E-state index in [2.05, 4.69) is 0 Å². The van der Waals surface area contributed by atoms with Crippen LogP contribution in [0.15, 0.2) is 48.5 Å². The number of carbonyl (C=O) groups is 2. The van der Waals surface area contributed by atoms with Crippen LogP contribution in [0.3, 0.4) is 0 Å². The smallest absolute Gasteiger partial charge is 0.308 e. The first-order valence-corrected chi connectivity index (χ1v) is 7.84. The molecule has 2 N–H and O–H groups in total. The SMILES string of the molecule is Cc1ccc(C(=O)N2C[C@H](C(=O)O)[C@H](c3ccccc3)C2)c(O)c1. The molecule has 0 aliphatic carbocycles. The van der Waals surface area contributed by atoms with Gasteiger partial charge >= 0.3 is 5.97 Å². The molecule has 1 saturated heterocycles. The number of phenolic OH excluding ortho intramolecular Hbond substituents is 1. The third-order valence-electron chi connectivity index (χ3n) is 4.54. The highest BCUT2D eigenvalue weighted by Gasteiger charge is 2.40. The molecule has 5 nitrogen and oxygen atoms in total. The molecule has 0 aromatic heterocycles. The summed E-state index contributed by atoms with van der Waals surface area (Å²) in [5, 5.41) is 19.5. The van der Waals surface area contributed by atoms with Crippen molar-refractivity contribution in [2.45, 2.75) is 12.8 Å². The average molecular weight is 325 g/mol. The van der Waals surface area contributed by atoms with Gasteiger partial charge < -0.3 is 15.1 Å². The number of hydrogen-bond acceptors (Lipinski definition) is 3. The van der Waals surface area contributed by atoms with Crippen molar-refractivity contribution in [1.82, 2.24) is 4.90 Å². The van der Waals surface area contributed by atoms with Crippen LogP contribution in [0.1, 0.15) is 27.4 Å². The van der Waals surface area contributed by atoms with Crippen molar-refractivity contribution in [3.63, 3.8) is 0 Å². The Morgan fingerprint density at radius 3 is 2.42 bits per heavy atom. The van der Waals surface area contributed by atoms with Gasteiger partial charge in [-0.1, -0.05) is 36.4 Å². The first-order valence-electron chi connectivity index (χ1n) is 7.84. The summed E-state index contributed by atoms with van der Waals surface area (Å²) < 4.78 is 0. The molecule has 1 amide bonds. The van der Waals surface area contributed by atoms with E-state index in [9.17, 15) is 19.8 Å². The molecule has 2 aromatic rings. The lowest BCUT2D eigenvalue weighted by Crippen LogP contribution is -2.30. The molecule has 1 heterocycles. The van der Waals surface area contributed by atoms with E-state index in [0.29, 0.717) is 6.54 Å². The molecule has 0 unspecified atom stereocenters. The van der Waals surface area contributed by atoms with E-state index in [-0.39, 0.29) is 29.7 Å². The summed E-state index contributed by atoms with van der Waals surface area (Å²) in [7, 11) is 0. The van der Waals surface area contributed by atoms with E-state index in [1.165, 1.54) is 11.0 Å². The Balaban J connectivity index is 1.87. The first kappa shape index (κ1) is 16.1. The number of aryl methyl sites for hydroxylation is 1. The number of phenols is 1. The molecule has 3 rings (SSSR count). The maximum absolute atomic E-state index is 12.7. The van der Waals surface area contributed by atoms with E-state index in [4.69, 9.17) is 0 Å². The zero-order chi connectivity index (χ0) is 17.3. The van der Waals surface area contributed by atoms with E-state index in [1.54, 1.807) is 12.1 Å². The fourth-order valence-electron chi connectivity index (χ4n) is 3.25. The fourth-order valence-corrected chi connectivity index (χ4v) is 3.25. The highest BCUT2D eigenvalue weighted by atomic mass is 16.4. The topological polar surface area (TPSA) is 77.8 Å². The number of carbonyl (C=O) groups excluding carboxylic acids is 1. The number of benzene rings is 2. The lowest BCUT2D eigenvalue weighted by atomic mass is 9.89. The number of carboxylic acids is 1. The second-order valence-corrected chi connectivity index (χ2v) is 6.19. The zero-order valence-electron chi connectivity index (χ0n) is 13.3. The summed E-state index contributed by atoms with van der Waals surface area (Å²) in [5.74, 6) is -2.22. The Morgan fingerprint density at radius 1 is 1.08 bits per heavy atom. The molecule has 0 spiro atoms. The van der Waals surface area contributed by atoms with Crippen LogP contribution < -0.4 is 0 Å². The van der Waals surface area contributed by atoms with Crippen molar-refractivity contribution in [3.05, 3.63) is 65.2 Å². The number of aromatic hydroxyl groups is 1. The van der Waals surface area contributed by atoms with Gasteiger partial charge in [-0.05, 0) is 30.2 Å². The summed E-state index contributed by atoms with van der Waals surface area (Å²) >= 11 is 0. The van der Waals surface area contributed by atoms with Crippen molar-refractivity contribution < 1.29 is 19.8 Å². The maximum atomic E-state index is 12.7. The number of hydrogen-bond donors (Lipinski definition) is 2. The lowest BCUT2D eigenvalue weighted by molar-refractivity contribution is -0.141. The van der Waals surface area contributed by atoms with Crippen LogP contribution in [0.25, 0.3) is 0 Å². The second kappa shape index (κ2) is 6.35. The molecule has 24 heavy (non-hydrogen) atoms. The Kier molecular flexibility index (Phi) is 4.25. The predicted octanol–water partition coefficient (Wildman–Crippen LogP) is 2.64. The Morgan fingerprint density at radius 2 is 1.79 bits per heavy atom. The molecule has 0 radical (unpaired) electrons. The van der Waals surface area contributed by atoms with Gasteiger partial charge in [-0.15, -0.1) is 0 Å². The van der Waals surface area contributed by atoms with Gasteiger partial charge in [0, 0.05) is 19.0 Å². The third-order valence-corrected chi connectivity index (χ3v) is 4.54. The standard InChI is InChI=1S/C19H19NO4/c1-12-7-8-14(17(21)9-12)18(22)20-10-15(16(11-20)19(23)24)13-5-3-2-4-6-13/h2-9,15-16,21H,10-11H2,1H3,(H,23,24)/t15-,16-/m0/s1. The Labute approximate surface area is 140 Å². The first-order chi connectivity index (χ1) is 11.5. The van der Waals surface area contributed by atoms with Crippen LogP contribution in [0.5, 0.6) is 5.75 Å². The van der Waals surface area contributed by atoms with Gasteiger partial charge in [0.1, 0.15) is 5.75 Å². The minimum Gasteiger partial charge on any atom is -0.507 e. The van der Waals surface area contributed by atoms with Crippen LogP contribution in [0.2, 0.25) is 0 Å². The highest BCUT2D eigenvalue weighted by molar-refractivity contribution is 5.97. The molecule has 0 saturated carbocycles. The van der Waals surface area contributed by atoms with Crippen molar-refractivity contribution >= 4 is 11.9 Å². The number of carboxylic acid groups (broad SMARTS) is 1. The molecule has 124 valence electrons. The van der Waals surface area contributed by atoms with Crippen molar-refractivity contribution in [1.29, 1.82) is 0 Å². The molecule has 1 fully saturated rings. The Hall–Kier alpha value is -2.82. The van der Waals surface area contributed by atoms with Gasteiger partial charge in [0.25, 0.3) is 5.91 Å². The van der Waals surface area contributed by atoms with Crippen LogP contribution >= 0.6 is 0 Å². The largest absolute Gasteiger partial charge is 0.507 e. The van der Waals surface area contributed by atoms with Crippen LogP contribution in [0.4, 0.5) is 0 Å². The van der Waals surface area contributed by atoms with Crippen molar-refractivity contribution in [2.75, 3.05) is 13.1 Å². The minimum absolute atomic E-state index is 0.0740. The minimum atomic E-state index is -0.910. The molecular formula is C19H19NO4. The fraction of sp³-hybridized carbons (Fsp3) is 0.263. The predicted molar refractivity (Wildman–Crippen MR) is 89.1 cm³/mol. The van der Waals surface area contributed by atoms with E-state index in [0.717, 1.165) is 11.1 Å². The molecule has 2 aromatic carbocycles. The number of aliphatic carboxylic acids is 1. The summed E-state index contributed by atoms with van der Waals surface area (Å²) in [6.45, 7) is 2.30. The average Bonchev–Trinajstić information content (AvgIpc) is 3.01. The quantitative estimate of drug-likeness (QED) is 0.909. The van der Waals surface area contributed by atoms with Gasteiger partial charge in [0.05, 0.1) is 11.5 Å². The van der Waals surface area contributed by atoms with Crippen LogP contribution in [0, 0.1) is 12.8 Å². The van der Waals surface area contributed by atoms with E-state index in [1.807, 2.05) is 37.3 Å². The summed E-state index contributed by atoms with van der Waals surface area (Å²) in [6.07, 6.45) is 0. The molecule has 0 bridgehead atoms. The molecular weight excluding hydrogens is 306 g/mol. The van der Waals surface area contributed by atoms with Gasteiger partial charge in [0.2, 0.25) is 0 Å². The lowest BCUT2D eigenvalue weighted by Gasteiger charge is -2.17. The molecule has 5 heteroatoms. The summed E-state index contributed by atoms with van der Waals surface area (Å²) in [5.41, 5.74) is 1.97. The van der Waals surface area contributed by atoms with Gasteiger partial charge in [-0.25, -0.2) is 0 Å². The monoisotopic (exact) mass is 325 g/mol. The van der Waals surface area contributed by atoms with Crippen molar-refractivity contribution in [3.8, 4) is 5.75 Å². The maximum Gasteiger partial charge on any atom is 0.308 e. The normalized spacial score (nSPS) is 20.1. The van der Waals surface area contributed by atoms with Crippen LogP contribution in [-0.4, -0.2) is 40.1 Å². The van der Waals surface area contributed by atoms with Crippen molar-refractivity contribution in [2.24, 2.45) is 5.92 Å². The zero-order valence-corrected chi connectivity index (χ0v) is 13.3. The van der Waals surface area contributed by atoms with E-state index >= 15 is 0 Å². The molecule has 1 aliphatic rings. The number of amides is 1. The molecule has 2 atom stereocenters. The molecule has 1 aliphatic heterocycles. The highest BCUT2D eigenvalue weighted by Crippen LogP contribution is 2.34. The Bertz CT molecular complexity index is 772. The number of rotatable bonds is 3. The third kappa shape index (κ3) is 2.97. The summed E-state index contributed by atoms with van der Waals surface area (Å²) in [6, 6.07) is 14.3. The van der Waals surface area contributed by atoms with E-state index < -0.39 is 11.9 Å². The van der Waals surface area contributed by atoms with Gasteiger partial charge in [0.15, 0.2) is 0 Å². The summed E-state index contributed by atoms with van der Waals surface area (Å²) in [4.78, 5) is 25.8. The number of nitrogens with zero attached hydrogens (tertiary/aromatic N) is 1. The number of likely N-dealkylation sites (tertiary alicyclic amines) is 1. The second-order valence-electron chi connectivity index (χ2n) is 6.19.